The molecule has 2 nitrogen and oxygen atoms in total. The third-order valence-corrected chi connectivity index (χ3v) is 4.21. The fourth-order valence-corrected chi connectivity index (χ4v) is 3.32. The van der Waals surface area contributed by atoms with Gasteiger partial charge in [0.2, 0.25) is 0 Å². The number of nitrogens with one attached hydrogen (secondary N) is 1. The number of aliphatic imine (C=N–C) groups is 1. The second-order valence-corrected chi connectivity index (χ2v) is 5.58. The number of benzene rings is 1. The minimum Gasteiger partial charge on any atom is -0.353 e. The molecule has 0 atom stereocenters. The molecule has 1 N–H and O–H groups in total. The average molecular weight is 281 g/mol. The Morgan fingerprint density at radius 1 is 1.29 bits per heavy atom. The van der Waals surface area contributed by atoms with Crippen LogP contribution in [-0.2, 0) is 0 Å². The van der Waals surface area contributed by atoms with Gasteiger partial charge in [-0.3, -0.25) is 0 Å². The molecule has 3 rings (SSSR count). The highest BCUT2D eigenvalue weighted by Gasteiger charge is 2.16. The van der Waals surface area contributed by atoms with Crippen molar-refractivity contribution in [2.45, 2.75) is 0 Å². The van der Waals surface area contributed by atoms with Crippen molar-refractivity contribution in [2.75, 3.05) is 11.6 Å². The zero-order chi connectivity index (χ0) is 11.8. The highest BCUT2D eigenvalue weighted by atomic mass is 35.5. The fraction of sp³-hybridized carbons (Fsp3) is 0.0833. The number of nitrogens with zero attached hydrogens (tertiary/aromatic N) is 1. The molecule has 1 aliphatic heterocycles. The second kappa shape index (κ2) is 4.37. The van der Waals surface area contributed by atoms with Gasteiger partial charge in [0.15, 0.2) is 0 Å². The molecule has 0 unspecified atom stereocenters. The van der Waals surface area contributed by atoms with E-state index in [2.05, 4.69) is 21.1 Å². The second-order valence-electron chi connectivity index (χ2n) is 3.61. The van der Waals surface area contributed by atoms with Crippen LogP contribution in [0.5, 0.6) is 0 Å². The molecular weight excluding hydrogens is 272 g/mol. The molecule has 0 saturated carbocycles. The van der Waals surface area contributed by atoms with Gasteiger partial charge in [0, 0.05) is 21.3 Å². The molecule has 86 valence electrons. The molecule has 0 fully saturated rings. The lowest BCUT2D eigenvalue weighted by molar-refractivity contribution is 1.52. The van der Waals surface area contributed by atoms with Crippen LogP contribution in [0.25, 0.3) is 0 Å². The number of hydrogen-bond acceptors (Lipinski definition) is 4. The number of rotatable bonds is 0. The van der Waals surface area contributed by atoms with Gasteiger partial charge in [0.05, 0.1) is 17.1 Å². The van der Waals surface area contributed by atoms with Crippen LogP contribution in [0.15, 0.2) is 34.0 Å². The Balaban J connectivity index is 2.22. The normalized spacial score (nSPS) is 13.2. The van der Waals surface area contributed by atoms with E-state index in [-0.39, 0.29) is 0 Å². The van der Waals surface area contributed by atoms with Crippen molar-refractivity contribution in [1.29, 1.82) is 0 Å². The standard InChI is InChI=1S/C12H9ClN2S2/c1-16-12-8-5-17-6-11(8)14-9-3-2-7(13)4-10(9)15-12/h2-6,14H,1H3. The van der Waals surface area contributed by atoms with E-state index in [9.17, 15) is 0 Å². The minimum atomic E-state index is 0.708. The number of hydrogen-bond donors (Lipinski definition) is 1. The summed E-state index contributed by atoms with van der Waals surface area (Å²) in [6.45, 7) is 0. The predicted molar refractivity (Wildman–Crippen MR) is 78.8 cm³/mol. The molecule has 1 aliphatic rings. The first-order valence-electron chi connectivity index (χ1n) is 5.04. The minimum absolute atomic E-state index is 0.708. The zero-order valence-electron chi connectivity index (χ0n) is 9.03. The van der Waals surface area contributed by atoms with Crippen molar-refractivity contribution in [1.82, 2.24) is 0 Å². The summed E-state index contributed by atoms with van der Waals surface area (Å²) < 4.78 is 0. The topological polar surface area (TPSA) is 24.4 Å². The van der Waals surface area contributed by atoms with Crippen LogP contribution < -0.4 is 5.32 Å². The van der Waals surface area contributed by atoms with E-state index in [1.807, 2.05) is 24.5 Å². The monoisotopic (exact) mass is 280 g/mol. The maximum atomic E-state index is 6.00. The third kappa shape index (κ3) is 1.97. The first-order valence-corrected chi connectivity index (χ1v) is 7.58. The molecule has 0 aliphatic carbocycles. The summed E-state index contributed by atoms with van der Waals surface area (Å²) in [6, 6.07) is 5.72. The van der Waals surface area contributed by atoms with Gasteiger partial charge >= 0.3 is 0 Å². The Labute approximate surface area is 113 Å². The van der Waals surface area contributed by atoms with Gasteiger partial charge in [-0.15, -0.1) is 23.1 Å². The van der Waals surface area contributed by atoms with Gasteiger partial charge < -0.3 is 5.32 Å². The van der Waals surface area contributed by atoms with Crippen molar-refractivity contribution >= 4 is 56.8 Å². The van der Waals surface area contributed by atoms with Crippen molar-refractivity contribution in [3.05, 3.63) is 39.5 Å². The molecule has 0 bridgehead atoms. The fourth-order valence-electron chi connectivity index (χ4n) is 1.73. The summed E-state index contributed by atoms with van der Waals surface area (Å²) in [4.78, 5) is 4.67. The summed E-state index contributed by atoms with van der Waals surface area (Å²) in [7, 11) is 0. The molecule has 17 heavy (non-hydrogen) atoms. The van der Waals surface area contributed by atoms with Gasteiger partial charge in [-0.1, -0.05) is 11.6 Å². The Morgan fingerprint density at radius 3 is 3.00 bits per heavy atom. The lowest BCUT2D eigenvalue weighted by Gasteiger charge is -2.05. The Hall–Kier alpha value is -0.970. The van der Waals surface area contributed by atoms with Gasteiger partial charge in [-0.05, 0) is 24.5 Å². The van der Waals surface area contributed by atoms with Crippen LogP contribution in [0.4, 0.5) is 17.1 Å². The maximum Gasteiger partial charge on any atom is 0.107 e. The van der Waals surface area contributed by atoms with E-state index in [0.29, 0.717) is 5.02 Å². The molecule has 0 spiro atoms. The Kier molecular flexibility index (Phi) is 2.86. The largest absolute Gasteiger partial charge is 0.353 e. The molecule has 0 saturated heterocycles. The summed E-state index contributed by atoms with van der Waals surface area (Å²) in [5.41, 5.74) is 4.17. The highest BCUT2D eigenvalue weighted by molar-refractivity contribution is 8.13. The van der Waals surface area contributed by atoms with Crippen LogP contribution in [-0.4, -0.2) is 11.3 Å². The molecule has 2 heterocycles. The summed E-state index contributed by atoms with van der Waals surface area (Å²) in [5.74, 6) is 0. The lowest BCUT2D eigenvalue weighted by Crippen LogP contribution is -1.94. The van der Waals surface area contributed by atoms with Crippen molar-refractivity contribution in [2.24, 2.45) is 4.99 Å². The van der Waals surface area contributed by atoms with E-state index in [1.54, 1.807) is 23.1 Å². The van der Waals surface area contributed by atoms with Crippen LogP contribution >= 0.6 is 34.7 Å². The molecule has 1 aromatic heterocycles. The van der Waals surface area contributed by atoms with Gasteiger partial charge in [-0.25, -0.2) is 4.99 Å². The molecule has 5 heteroatoms. The third-order valence-electron chi connectivity index (χ3n) is 2.54. The predicted octanol–water partition coefficient (Wildman–Crippen LogP) is 4.90. The number of halogens is 1. The molecule has 1 aromatic carbocycles. The lowest BCUT2D eigenvalue weighted by atomic mass is 10.2. The number of anilines is 2. The van der Waals surface area contributed by atoms with E-state index in [4.69, 9.17) is 11.6 Å². The summed E-state index contributed by atoms with van der Waals surface area (Å²) in [5, 5.41) is 9.35. The van der Waals surface area contributed by atoms with Gasteiger partial charge in [0.1, 0.15) is 5.04 Å². The smallest absolute Gasteiger partial charge is 0.107 e. The Morgan fingerprint density at radius 2 is 2.18 bits per heavy atom. The van der Waals surface area contributed by atoms with Crippen LogP contribution in [0.3, 0.4) is 0 Å². The number of thioether (sulfide) groups is 1. The van der Waals surface area contributed by atoms with Crippen molar-refractivity contribution in [3.63, 3.8) is 0 Å². The first kappa shape index (κ1) is 11.1. The summed E-state index contributed by atoms with van der Waals surface area (Å²) in [6.07, 6.45) is 2.04. The quantitative estimate of drug-likeness (QED) is 0.742. The van der Waals surface area contributed by atoms with Crippen molar-refractivity contribution in [3.8, 4) is 0 Å². The van der Waals surface area contributed by atoms with E-state index < -0.39 is 0 Å². The van der Waals surface area contributed by atoms with Gasteiger partial charge in [-0.2, -0.15) is 0 Å². The van der Waals surface area contributed by atoms with Crippen LogP contribution in [0.1, 0.15) is 5.56 Å². The zero-order valence-corrected chi connectivity index (χ0v) is 11.4. The molecule has 2 aromatic rings. The highest BCUT2D eigenvalue weighted by Crippen LogP contribution is 2.38. The van der Waals surface area contributed by atoms with E-state index in [1.165, 1.54) is 0 Å². The number of fused-ring (bicyclic) bond motifs is 2. The maximum absolute atomic E-state index is 6.00. The Bertz CT molecular complexity index is 604. The van der Waals surface area contributed by atoms with Crippen molar-refractivity contribution < 1.29 is 0 Å². The van der Waals surface area contributed by atoms with E-state index >= 15 is 0 Å². The number of thiophene rings is 1. The molecule has 0 amide bonds. The van der Waals surface area contributed by atoms with Crippen LogP contribution in [0, 0.1) is 0 Å². The van der Waals surface area contributed by atoms with Crippen LogP contribution in [0.2, 0.25) is 5.02 Å². The summed E-state index contributed by atoms with van der Waals surface area (Å²) >= 11 is 9.33. The first-order chi connectivity index (χ1) is 8.28. The molecule has 0 radical (unpaired) electrons. The van der Waals surface area contributed by atoms with E-state index in [0.717, 1.165) is 27.7 Å². The average Bonchev–Trinajstić information content (AvgIpc) is 2.72. The molecular formula is C12H9ClN2S2. The SMILES string of the molecule is CSC1=Nc2cc(Cl)ccc2Nc2cscc21. The van der Waals surface area contributed by atoms with Gasteiger partial charge in [0.25, 0.3) is 0 Å².